The van der Waals surface area contributed by atoms with E-state index in [9.17, 15) is 18.4 Å². The van der Waals surface area contributed by atoms with Crippen molar-refractivity contribution in [2.45, 2.75) is 32.9 Å². The summed E-state index contributed by atoms with van der Waals surface area (Å²) in [6, 6.07) is 9.99. The summed E-state index contributed by atoms with van der Waals surface area (Å²) in [7, 11) is 1.54. The maximum atomic E-state index is 13.4. The van der Waals surface area contributed by atoms with E-state index >= 15 is 0 Å². The van der Waals surface area contributed by atoms with Crippen molar-refractivity contribution >= 4 is 17.5 Å². The minimum Gasteiger partial charge on any atom is -0.335 e. The Kier molecular flexibility index (Phi) is 7.23. The van der Waals surface area contributed by atoms with Gasteiger partial charge in [0.2, 0.25) is 11.8 Å². The van der Waals surface area contributed by atoms with Crippen molar-refractivity contribution in [2.75, 3.05) is 18.9 Å². The first-order chi connectivity index (χ1) is 13.2. The molecule has 2 aromatic carbocycles. The van der Waals surface area contributed by atoms with Crippen molar-refractivity contribution in [3.63, 3.8) is 0 Å². The van der Waals surface area contributed by atoms with Gasteiger partial charge >= 0.3 is 0 Å². The number of aryl methyl sites for hydroxylation is 1. The Labute approximate surface area is 163 Å². The number of carbonyl (C=O) groups is 2. The number of nitrogens with one attached hydrogen (secondary N) is 2. The number of likely N-dealkylation sites (N-methyl/N-ethyl adjacent to an activating group) is 1. The van der Waals surface area contributed by atoms with E-state index in [1.54, 1.807) is 26.0 Å². The molecular weight excluding hydrogens is 364 g/mol. The minimum absolute atomic E-state index is 0.0989. The molecule has 0 saturated heterocycles. The molecule has 2 amide bonds. The number of nitrogens with zero attached hydrogens (tertiary/aromatic N) is 1. The molecule has 2 rings (SSSR count). The van der Waals surface area contributed by atoms with Crippen LogP contribution in [0, 0.1) is 18.6 Å². The van der Waals surface area contributed by atoms with Gasteiger partial charge in [0, 0.05) is 18.8 Å². The molecule has 5 nitrogen and oxygen atoms in total. The number of rotatable bonds is 7. The molecule has 0 aromatic heterocycles. The normalized spacial score (nSPS) is 12.9. The number of halogens is 2. The molecular formula is C21H25F2N3O2. The van der Waals surface area contributed by atoms with Gasteiger partial charge in [-0.2, -0.15) is 0 Å². The molecule has 0 radical (unpaired) electrons. The Balaban J connectivity index is 1.89. The Morgan fingerprint density at radius 3 is 2.29 bits per heavy atom. The molecule has 7 heteroatoms. The van der Waals surface area contributed by atoms with E-state index in [4.69, 9.17) is 0 Å². The van der Waals surface area contributed by atoms with Gasteiger partial charge in [-0.3, -0.25) is 14.9 Å². The van der Waals surface area contributed by atoms with Crippen LogP contribution in [0.4, 0.5) is 14.5 Å². The quantitative estimate of drug-likeness (QED) is 0.763. The number of hydrogen-bond donors (Lipinski definition) is 2. The molecule has 0 aliphatic rings. The smallest absolute Gasteiger partial charge is 0.243 e. The summed E-state index contributed by atoms with van der Waals surface area (Å²) < 4.78 is 26.4. The zero-order valence-electron chi connectivity index (χ0n) is 16.4. The molecule has 28 heavy (non-hydrogen) atoms. The fraction of sp³-hybridized carbons (Fsp3) is 0.333. The van der Waals surface area contributed by atoms with E-state index in [1.165, 1.54) is 18.0 Å². The van der Waals surface area contributed by atoms with Crippen molar-refractivity contribution < 1.29 is 18.4 Å². The highest BCUT2D eigenvalue weighted by atomic mass is 19.2. The Hall–Kier alpha value is -2.80. The molecule has 0 bridgehead atoms. The molecule has 0 spiro atoms. The van der Waals surface area contributed by atoms with Crippen molar-refractivity contribution in [2.24, 2.45) is 0 Å². The third kappa shape index (κ3) is 5.85. The fourth-order valence-electron chi connectivity index (χ4n) is 2.79. The van der Waals surface area contributed by atoms with Crippen LogP contribution in [0.25, 0.3) is 0 Å². The fourth-order valence-corrected chi connectivity index (χ4v) is 2.79. The van der Waals surface area contributed by atoms with Gasteiger partial charge in [-0.1, -0.05) is 23.8 Å². The summed E-state index contributed by atoms with van der Waals surface area (Å²) in [5.41, 5.74) is 2.27. The molecule has 0 saturated carbocycles. The van der Waals surface area contributed by atoms with Crippen LogP contribution in [0.2, 0.25) is 0 Å². The number of carbonyl (C=O) groups excluding carboxylic acids is 2. The van der Waals surface area contributed by atoms with E-state index in [2.05, 4.69) is 10.6 Å². The van der Waals surface area contributed by atoms with Crippen LogP contribution >= 0.6 is 0 Å². The van der Waals surface area contributed by atoms with Gasteiger partial charge in [0.1, 0.15) is 0 Å². The lowest BCUT2D eigenvalue weighted by atomic mass is 10.1. The lowest BCUT2D eigenvalue weighted by molar-refractivity contribution is -0.135. The number of anilines is 1. The van der Waals surface area contributed by atoms with Gasteiger partial charge in [-0.25, -0.2) is 8.78 Å². The van der Waals surface area contributed by atoms with Crippen LogP contribution in [0.15, 0.2) is 42.5 Å². The van der Waals surface area contributed by atoms with Gasteiger partial charge in [0.05, 0.1) is 12.6 Å². The summed E-state index contributed by atoms with van der Waals surface area (Å²) in [6.07, 6.45) is 0. The monoisotopic (exact) mass is 389 g/mol. The molecule has 2 aromatic rings. The number of hydrogen-bond acceptors (Lipinski definition) is 3. The van der Waals surface area contributed by atoms with Crippen LogP contribution in [0.3, 0.4) is 0 Å². The average molecular weight is 389 g/mol. The van der Waals surface area contributed by atoms with Crippen LogP contribution in [-0.4, -0.2) is 36.3 Å². The summed E-state index contributed by atoms with van der Waals surface area (Å²) in [4.78, 5) is 26.0. The molecule has 2 N–H and O–H groups in total. The van der Waals surface area contributed by atoms with Crippen molar-refractivity contribution in [1.29, 1.82) is 0 Å². The maximum absolute atomic E-state index is 13.4. The van der Waals surface area contributed by atoms with Crippen LogP contribution in [-0.2, 0) is 9.59 Å². The maximum Gasteiger partial charge on any atom is 0.243 e. The first-order valence-corrected chi connectivity index (χ1v) is 9.00. The first kappa shape index (κ1) is 21.5. The highest BCUT2D eigenvalue weighted by Crippen LogP contribution is 2.17. The second-order valence-corrected chi connectivity index (χ2v) is 6.89. The third-order valence-electron chi connectivity index (χ3n) is 4.41. The third-order valence-corrected chi connectivity index (χ3v) is 4.41. The highest BCUT2D eigenvalue weighted by molar-refractivity contribution is 5.95. The zero-order valence-corrected chi connectivity index (χ0v) is 16.4. The standard InChI is InChI=1S/C21H25F2N3O2/c1-13-5-8-17(9-6-13)25-20(27)12-26(4)21(28)15(3)24-14(2)16-7-10-18(22)19(23)11-16/h5-11,14-15,24H,12H2,1-4H3,(H,25,27). The van der Waals surface area contributed by atoms with Crippen LogP contribution in [0.5, 0.6) is 0 Å². The summed E-state index contributed by atoms with van der Waals surface area (Å²) in [5.74, 6) is -2.44. The van der Waals surface area contributed by atoms with Crippen molar-refractivity contribution in [1.82, 2.24) is 10.2 Å². The Morgan fingerprint density at radius 1 is 1.04 bits per heavy atom. The predicted molar refractivity (Wildman–Crippen MR) is 105 cm³/mol. The van der Waals surface area contributed by atoms with Crippen molar-refractivity contribution in [3.8, 4) is 0 Å². The van der Waals surface area contributed by atoms with Crippen LogP contribution < -0.4 is 10.6 Å². The SMILES string of the molecule is Cc1ccc(NC(=O)CN(C)C(=O)C(C)NC(C)c2ccc(F)c(F)c2)cc1. The van der Waals surface area contributed by atoms with E-state index in [0.29, 0.717) is 11.3 Å². The number of benzene rings is 2. The Bertz CT molecular complexity index is 840. The van der Waals surface area contributed by atoms with E-state index in [-0.39, 0.29) is 24.4 Å². The first-order valence-electron chi connectivity index (χ1n) is 9.00. The molecule has 0 heterocycles. The van der Waals surface area contributed by atoms with Gasteiger partial charge in [0.15, 0.2) is 11.6 Å². The van der Waals surface area contributed by atoms with Crippen LogP contribution in [0.1, 0.15) is 31.0 Å². The molecule has 150 valence electrons. The molecule has 0 aliphatic carbocycles. The second kappa shape index (κ2) is 9.41. The van der Waals surface area contributed by atoms with E-state index in [1.807, 2.05) is 19.1 Å². The molecule has 2 atom stereocenters. The van der Waals surface area contributed by atoms with E-state index < -0.39 is 17.7 Å². The lowest BCUT2D eigenvalue weighted by Gasteiger charge is -2.24. The topological polar surface area (TPSA) is 61.4 Å². The van der Waals surface area contributed by atoms with Gasteiger partial charge < -0.3 is 10.2 Å². The Morgan fingerprint density at radius 2 is 1.68 bits per heavy atom. The zero-order chi connectivity index (χ0) is 20.8. The second-order valence-electron chi connectivity index (χ2n) is 6.89. The molecule has 0 fully saturated rings. The van der Waals surface area contributed by atoms with Crippen molar-refractivity contribution in [3.05, 3.63) is 65.2 Å². The summed E-state index contributed by atoms with van der Waals surface area (Å²) in [6.45, 7) is 5.26. The number of amides is 2. The average Bonchev–Trinajstić information content (AvgIpc) is 2.64. The summed E-state index contributed by atoms with van der Waals surface area (Å²) >= 11 is 0. The van der Waals surface area contributed by atoms with Gasteiger partial charge in [-0.05, 0) is 50.6 Å². The van der Waals surface area contributed by atoms with Gasteiger partial charge in [-0.15, -0.1) is 0 Å². The predicted octanol–water partition coefficient (Wildman–Crippen LogP) is 3.41. The molecule has 0 aliphatic heterocycles. The molecule has 2 unspecified atom stereocenters. The largest absolute Gasteiger partial charge is 0.335 e. The summed E-state index contributed by atoms with van der Waals surface area (Å²) in [5, 5.41) is 5.78. The minimum atomic E-state index is -0.935. The van der Waals surface area contributed by atoms with E-state index in [0.717, 1.165) is 17.7 Å². The highest BCUT2D eigenvalue weighted by Gasteiger charge is 2.22. The lowest BCUT2D eigenvalue weighted by Crippen LogP contribution is -2.46. The van der Waals surface area contributed by atoms with Gasteiger partial charge in [0.25, 0.3) is 0 Å².